The minimum atomic E-state index is -0.472. The molecular weight excluding hydrogens is 348 g/mol. The number of hydrogen-bond donors (Lipinski definition) is 0. The van der Waals surface area contributed by atoms with Crippen LogP contribution < -0.4 is 4.90 Å². The minimum absolute atomic E-state index is 0.0520. The van der Waals surface area contributed by atoms with Crippen LogP contribution in [0.4, 0.5) is 10.7 Å². The number of aryl methyl sites for hydroxylation is 1. The Balaban J connectivity index is 2.03. The summed E-state index contributed by atoms with van der Waals surface area (Å²) >= 11 is 3.41. The largest absolute Gasteiger partial charge is 0.444 e. The molecule has 1 aromatic heterocycles. The number of nitrogens with zero attached hydrogens (tertiary/aromatic N) is 4. The van der Waals surface area contributed by atoms with E-state index in [4.69, 9.17) is 4.74 Å². The number of hydrogen-bond acceptors (Lipinski definition) is 5. The second kappa shape index (κ2) is 6.40. The van der Waals surface area contributed by atoms with E-state index in [0.717, 1.165) is 10.2 Å². The van der Waals surface area contributed by atoms with E-state index in [1.165, 1.54) is 0 Å². The smallest absolute Gasteiger partial charge is 0.410 e. The average molecular weight is 371 g/mol. The number of rotatable bonds is 1. The van der Waals surface area contributed by atoms with Crippen LogP contribution in [0.5, 0.6) is 0 Å². The van der Waals surface area contributed by atoms with Gasteiger partial charge in [-0.3, -0.25) is 0 Å². The highest BCUT2D eigenvalue weighted by atomic mass is 79.9. The Morgan fingerprint density at radius 2 is 2.09 bits per heavy atom. The molecule has 7 heteroatoms. The molecule has 122 valence electrons. The minimum Gasteiger partial charge on any atom is -0.444 e. The summed E-state index contributed by atoms with van der Waals surface area (Å²) in [6, 6.07) is 0.0520. The van der Waals surface area contributed by atoms with Gasteiger partial charge in [0.25, 0.3) is 0 Å². The number of ether oxygens (including phenoxy) is 1. The van der Waals surface area contributed by atoms with Crippen LogP contribution >= 0.6 is 15.9 Å². The first kappa shape index (κ1) is 17.0. The Bertz CT molecular complexity index is 559. The van der Waals surface area contributed by atoms with Gasteiger partial charge < -0.3 is 14.5 Å². The first-order chi connectivity index (χ1) is 10.2. The molecule has 1 saturated heterocycles. The maximum Gasteiger partial charge on any atom is 0.410 e. The van der Waals surface area contributed by atoms with Gasteiger partial charge in [0.05, 0.1) is 10.2 Å². The summed E-state index contributed by atoms with van der Waals surface area (Å²) in [4.78, 5) is 24.9. The Morgan fingerprint density at radius 3 is 2.64 bits per heavy atom. The summed E-state index contributed by atoms with van der Waals surface area (Å²) < 4.78 is 6.35. The van der Waals surface area contributed by atoms with Gasteiger partial charge in [0, 0.05) is 31.9 Å². The van der Waals surface area contributed by atoms with Gasteiger partial charge in [0.15, 0.2) is 0 Å². The number of piperazine rings is 1. The maximum absolute atomic E-state index is 12.2. The van der Waals surface area contributed by atoms with Crippen LogP contribution in [0.25, 0.3) is 0 Å². The molecule has 0 aliphatic carbocycles. The van der Waals surface area contributed by atoms with Gasteiger partial charge in [-0.25, -0.2) is 14.8 Å². The average Bonchev–Trinajstić information content (AvgIpc) is 2.39. The molecule has 22 heavy (non-hydrogen) atoms. The third-order valence-electron chi connectivity index (χ3n) is 3.45. The molecule has 0 radical (unpaired) electrons. The third kappa shape index (κ3) is 4.09. The van der Waals surface area contributed by atoms with Crippen molar-refractivity contribution in [2.75, 3.05) is 24.5 Å². The van der Waals surface area contributed by atoms with E-state index in [1.54, 1.807) is 11.1 Å². The molecule has 6 nitrogen and oxygen atoms in total. The highest BCUT2D eigenvalue weighted by molar-refractivity contribution is 9.10. The van der Waals surface area contributed by atoms with Crippen LogP contribution in [-0.4, -0.2) is 52.2 Å². The van der Waals surface area contributed by atoms with E-state index < -0.39 is 5.60 Å². The fourth-order valence-corrected chi connectivity index (χ4v) is 2.51. The number of anilines is 1. The standard InChI is InChI=1S/C15H23BrN4O2/c1-10-9-19(13-17-8-12(16)11(2)18-13)6-7-20(10)14(21)22-15(3,4)5/h8,10H,6-7,9H2,1-5H3/t10-/m1/s1. The van der Waals surface area contributed by atoms with E-state index in [1.807, 2.05) is 34.6 Å². The summed E-state index contributed by atoms with van der Waals surface area (Å²) in [5.74, 6) is 0.705. The van der Waals surface area contributed by atoms with E-state index in [9.17, 15) is 4.79 Å². The topological polar surface area (TPSA) is 58.6 Å². The van der Waals surface area contributed by atoms with Crippen molar-refractivity contribution in [1.29, 1.82) is 0 Å². The molecule has 1 atom stereocenters. The first-order valence-electron chi connectivity index (χ1n) is 7.41. The second-order valence-electron chi connectivity index (χ2n) is 6.57. The number of carbonyl (C=O) groups excluding carboxylic acids is 1. The molecule has 0 spiro atoms. The fourth-order valence-electron chi connectivity index (χ4n) is 2.32. The van der Waals surface area contributed by atoms with Gasteiger partial charge >= 0.3 is 6.09 Å². The molecule has 1 amide bonds. The second-order valence-corrected chi connectivity index (χ2v) is 7.43. The lowest BCUT2D eigenvalue weighted by Crippen LogP contribution is -2.55. The monoisotopic (exact) mass is 370 g/mol. The molecule has 1 aromatic rings. The lowest BCUT2D eigenvalue weighted by molar-refractivity contribution is 0.0158. The summed E-state index contributed by atoms with van der Waals surface area (Å²) in [5.41, 5.74) is 0.437. The van der Waals surface area contributed by atoms with Crippen LogP contribution in [0.15, 0.2) is 10.7 Å². The predicted molar refractivity (Wildman–Crippen MR) is 89.1 cm³/mol. The van der Waals surface area contributed by atoms with Crippen molar-refractivity contribution in [3.63, 3.8) is 0 Å². The zero-order chi connectivity index (χ0) is 16.5. The molecule has 2 rings (SSSR count). The number of aromatic nitrogens is 2. The van der Waals surface area contributed by atoms with E-state index in [0.29, 0.717) is 25.6 Å². The quantitative estimate of drug-likeness (QED) is 0.760. The summed E-state index contributed by atoms with van der Waals surface area (Å²) in [6.45, 7) is 11.6. The van der Waals surface area contributed by atoms with E-state index >= 15 is 0 Å². The highest BCUT2D eigenvalue weighted by Gasteiger charge is 2.31. The third-order valence-corrected chi connectivity index (χ3v) is 4.22. The van der Waals surface area contributed by atoms with Crippen LogP contribution in [0.1, 0.15) is 33.4 Å². The first-order valence-corrected chi connectivity index (χ1v) is 8.20. The van der Waals surface area contributed by atoms with Gasteiger partial charge in [-0.05, 0) is 50.5 Å². The zero-order valence-electron chi connectivity index (χ0n) is 13.8. The van der Waals surface area contributed by atoms with Crippen molar-refractivity contribution in [1.82, 2.24) is 14.9 Å². The number of amides is 1. The molecule has 0 bridgehead atoms. The van der Waals surface area contributed by atoms with Gasteiger partial charge in [-0.15, -0.1) is 0 Å². The molecular formula is C15H23BrN4O2. The van der Waals surface area contributed by atoms with Crippen molar-refractivity contribution < 1.29 is 9.53 Å². The summed E-state index contributed by atoms with van der Waals surface area (Å²) in [7, 11) is 0. The molecule has 1 fully saturated rings. The van der Waals surface area contributed by atoms with Crippen molar-refractivity contribution in [2.45, 2.75) is 46.3 Å². The van der Waals surface area contributed by atoms with Gasteiger partial charge in [-0.2, -0.15) is 0 Å². The van der Waals surface area contributed by atoms with Crippen molar-refractivity contribution in [2.24, 2.45) is 0 Å². The maximum atomic E-state index is 12.2. The van der Waals surface area contributed by atoms with Crippen molar-refractivity contribution in [3.05, 3.63) is 16.4 Å². The SMILES string of the molecule is Cc1nc(N2CCN(C(=O)OC(C)(C)C)[C@H](C)C2)ncc1Br. The molecule has 0 unspecified atom stereocenters. The van der Waals surface area contributed by atoms with Crippen LogP contribution in [0, 0.1) is 6.92 Å². The van der Waals surface area contributed by atoms with Crippen LogP contribution in [-0.2, 0) is 4.74 Å². The zero-order valence-corrected chi connectivity index (χ0v) is 15.3. The molecule has 0 aromatic carbocycles. The van der Waals surface area contributed by atoms with Crippen LogP contribution in [0.2, 0.25) is 0 Å². The van der Waals surface area contributed by atoms with Crippen molar-refractivity contribution >= 4 is 28.0 Å². The summed E-state index contributed by atoms with van der Waals surface area (Å²) in [5, 5.41) is 0. The van der Waals surface area contributed by atoms with Gasteiger partial charge in [0.1, 0.15) is 5.60 Å². The van der Waals surface area contributed by atoms with E-state index in [-0.39, 0.29) is 12.1 Å². The Kier molecular flexibility index (Phi) is 4.94. The molecule has 0 saturated carbocycles. The summed E-state index contributed by atoms with van der Waals surface area (Å²) in [6.07, 6.45) is 1.51. The van der Waals surface area contributed by atoms with Crippen molar-refractivity contribution in [3.8, 4) is 0 Å². The molecule has 1 aliphatic heterocycles. The van der Waals surface area contributed by atoms with Crippen LogP contribution in [0.3, 0.4) is 0 Å². The lowest BCUT2D eigenvalue weighted by Gasteiger charge is -2.40. The highest BCUT2D eigenvalue weighted by Crippen LogP contribution is 2.20. The fraction of sp³-hybridized carbons (Fsp3) is 0.667. The van der Waals surface area contributed by atoms with E-state index in [2.05, 4.69) is 30.8 Å². The molecule has 1 aliphatic rings. The molecule has 0 N–H and O–H groups in total. The predicted octanol–water partition coefficient (Wildman–Crippen LogP) is 2.99. The number of carbonyl (C=O) groups is 1. The lowest BCUT2D eigenvalue weighted by atomic mass is 10.2. The Morgan fingerprint density at radius 1 is 1.41 bits per heavy atom. The molecule has 2 heterocycles. The number of halogens is 1. The Labute approximate surface area is 140 Å². The normalized spacial score (nSPS) is 19.3. The Hall–Kier alpha value is -1.37. The van der Waals surface area contributed by atoms with Gasteiger partial charge in [-0.1, -0.05) is 0 Å². The van der Waals surface area contributed by atoms with Gasteiger partial charge in [0.2, 0.25) is 5.95 Å².